The van der Waals surface area contributed by atoms with Crippen molar-refractivity contribution in [2.75, 3.05) is 6.61 Å². The second kappa shape index (κ2) is 4.20. The van der Waals surface area contributed by atoms with Gasteiger partial charge in [-0.15, -0.1) is 0 Å². The SMILES string of the molecule is C[C@@H]1[C@@H](O)[C@H](O)C(=O)O[C@H]1[C@H]1COC(C)(C)O1. The van der Waals surface area contributed by atoms with Gasteiger partial charge in [0.2, 0.25) is 0 Å². The van der Waals surface area contributed by atoms with E-state index in [0.717, 1.165) is 0 Å². The Hall–Kier alpha value is -0.690. The molecule has 0 spiro atoms. The second-order valence-electron chi connectivity index (χ2n) is 5.06. The maximum absolute atomic E-state index is 11.3. The summed E-state index contributed by atoms with van der Waals surface area (Å²) in [5.74, 6) is -1.92. The smallest absolute Gasteiger partial charge is 0.338 e. The van der Waals surface area contributed by atoms with Crippen molar-refractivity contribution in [1.29, 1.82) is 0 Å². The molecule has 98 valence electrons. The Labute approximate surface area is 99.5 Å². The largest absolute Gasteiger partial charge is 0.457 e. The summed E-state index contributed by atoms with van der Waals surface area (Å²) in [6.45, 7) is 5.55. The average Bonchev–Trinajstić information content (AvgIpc) is 2.61. The van der Waals surface area contributed by atoms with Gasteiger partial charge in [-0.2, -0.15) is 0 Å². The van der Waals surface area contributed by atoms with Crippen LogP contribution in [0.5, 0.6) is 0 Å². The Morgan fingerprint density at radius 3 is 2.53 bits per heavy atom. The fraction of sp³-hybridized carbons (Fsp3) is 0.909. The number of hydrogen-bond acceptors (Lipinski definition) is 6. The van der Waals surface area contributed by atoms with E-state index in [0.29, 0.717) is 6.61 Å². The van der Waals surface area contributed by atoms with E-state index in [2.05, 4.69) is 0 Å². The van der Waals surface area contributed by atoms with E-state index in [4.69, 9.17) is 14.2 Å². The quantitative estimate of drug-likeness (QED) is 0.602. The highest BCUT2D eigenvalue weighted by Crippen LogP contribution is 2.32. The maximum Gasteiger partial charge on any atom is 0.338 e. The Bertz CT molecular complexity index is 315. The molecule has 6 heteroatoms. The summed E-state index contributed by atoms with van der Waals surface area (Å²) in [6, 6.07) is 0. The van der Waals surface area contributed by atoms with Crippen LogP contribution < -0.4 is 0 Å². The highest BCUT2D eigenvalue weighted by Gasteiger charge is 2.49. The number of cyclic esters (lactones) is 1. The van der Waals surface area contributed by atoms with E-state index in [9.17, 15) is 15.0 Å². The van der Waals surface area contributed by atoms with E-state index in [-0.39, 0.29) is 0 Å². The molecule has 0 saturated carbocycles. The van der Waals surface area contributed by atoms with Crippen LogP contribution in [0.4, 0.5) is 0 Å². The van der Waals surface area contributed by atoms with Crippen LogP contribution in [-0.4, -0.2) is 53.0 Å². The van der Waals surface area contributed by atoms with Crippen LogP contribution in [0.2, 0.25) is 0 Å². The van der Waals surface area contributed by atoms with Gasteiger partial charge < -0.3 is 24.4 Å². The third-order valence-electron chi connectivity index (χ3n) is 3.27. The van der Waals surface area contributed by atoms with Crippen LogP contribution in [0.1, 0.15) is 20.8 Å². The Kier molecular flexibility index (Phi) is 3.15. The standard InChI is InChI=1S/C11H18O6/c1-5-7(12)8(13)10(14)16-9(5)6-4-15-11(2,3)17-6/h5-9,12-13H,4H2,1-3H3/t5-,6-,7-,8+,9-/m1/s1. The number of carbonyl (C=O) groups excluding carboxylic acids is 1. The first-order valence-electron chi connectivity index (χ1n) is 5.70. The molecule has 2 aliphatic rings. The van der Waals surface area contributed by atoms with Gasteiger partial charge in [0.25, 0.3) is 0 Å². The predicted octanol–water partition coefficient (Wildman–Crippen LogP) is -0.579. The van der Waals surface area contributed by atoms with Gasteiger partial charge in [0.15, 0.2) is 11.9 Å². The zero-order chi connectivity index (χ0) is 12.8. The highest BCUT2D eigenvalue weighted by atomic mass is 16.8. The molecular formula is C11H18O6. The zero-order valence-corrected chi connectivity index (χ0v) is 10.1. The molecule has 2 N–H and O–H groups in total. The normalized spacial score (nSPS) is 45.7. The number of hydrogen-bond donors (Lipinski definition) is 2. The first kappa shape index (κ1) is 12.8. The van der Waals surface area contributed by atoms with Crippen LogP contribution >= 0.6 is 0 Å². The molecule has 0 aliphatic carbocycles. The van der Waals surface area contributed by atoms with E-state index in [1.165, 1.54) is 0 Å². The number of rotatable bonds is 1. The molecule has 2 heterocycles. The monoisotopic (exact) mass is 246 g/mol. The van der Waals surface area contributed by atoms with Crippen LogP contribution in [0.25, 0.3) is 0 Å². The number of aliphatic hydroxyl groups is 2. The third-order valence-corrected chi connectivity index (χ3v) is 3.27. The van der Waals surface area contributed by atoms with Gasteiger partial charge in [-0.1, -0.05) is 6.92 Å². The van der Waals surface area contributed by atoms with Crippen molar-refractivity contribution in [2.24, 2.45) is 5.92 Å². The van der Waals surface area contributed by atoms with Crippen LogP contribution in [0, 0.1) is 5.92 Å². The van der Waals surface area contributed by atoms with Crippen LogP contribution in [-0.2, 0) is 19.0 Å². The minimum atomic E-state index is -1.48. The van der Waals surface area contributed by atoms with E-state index in [1.807, 2.05) is 0 Å². The van der Waals surface area contributed by atoms with Gasteiger partial charge >= 0.3 is 5.97 Å². The van der Waals surface area contributed by atoms with Crippen molar-refractivity contribution < 1.29 is 29.2 Å². The summed E-state index contributed by atoms with van der Waals surface area (Å²) in [5, 5.41) is 19.1. The van der Waals surface area contributed by atoms with Crippen molar-refractivity contribution in [3.63, 3.8) is 0 Å². The predicted molar refractivity (Wildman–Crippen MR) is 56.0 cm³/mol. The Morgan fingerprint density at radius 1 is 1.35 bits per heavy atom. The van der Waals surface area contributed by atoms with E-state index in [1.54, 1.807) is 20.8 Å². The molecule has 0 bridgehead atoms. The summed E-state index contributed by atoms with van der Waals surface area (Å²) in [6.07, 6.45) is -3.61. The first-order chi connectivity index (χ1) is 7.82. The molecule has 17 heavy (non-hydrogen) atoms. The molecular weight excluding hydrogens is 228 g/mol. The maximum atomic E-state index is 11.3. The molecule has 0 radical (unpaired) electrons. The zero-order valence-electron chi connectivity index (χ0n) is 10.1. The topological polar surface area (TPSA) is 85.2 Å². The minimum Gasteiger partial charge on any atom is -0.457 e. The van der Waals surface area contributed by atoms with Gasteiger partial charge in [-0.05, 0) is 13.8 Å². The lowest BCUT2D eigenvalue weighted by Gasteiger charge is -2.37. The lowest BCUT2D eigenvalue weighted by molar-refractivity contribution is -0.209. The fourth-order valence-electron chi connectivity index (χ4n) is 2.22. The molecule has 0 aromatic carbocycles. The van der Waals surface area contributed by atoms with Crippen LogP contribution in [0.3, 0.4) is 0 Å². The third kappa shape index (κ3) is 2.30. The van der Waals surface area contributed by atoms with Crippen molar-refractivity contribution in [3.05, 3.63) is 0 Å². The minimum absolute atomic E-state index is 0.304. The lowest BCUT2D eigenvalue weighted by atomic mass is 9.88. The summed E-state index contributed by atoms with van der Waals surface area (Å²) in [4.78, 5) is 11.3. The van der Waals surface area contributed by atoms with Gasteiger partial charge in [-0.25, -0.2) is 4.79 Å². The van der Waals surface area contributed by atoms with Gasteiger partial charge in [0.05, 0.1) is 12.7 Å². The summed E-state index contributed by atoms with van der Waals surface area (Å²) >= 11 is 0. The van der Waals surface area contributed by atoms with E-state index >= 15 is 0 Å². The fourth-order valence-corrected chi connectivity index (χ4v) is 2.22. The van der Waals surface area contributed by atoms with Crippen molar-refractivity contribution in [2.45, 2.75) is 51.0 Å². The molecule has 2 aliphatic heterocycles. The summed E-state index contributed by atoms with van der Waals surface area (Å²) in [5.41, 5.74) is 0. The first-order valence-corrected chi connectivity index (χ1v) is 5.70. The Balaban J connectivity index is 2.09. The molecule has 2 fully saturated rings. The molecule has 0 aromatic rings. The van der Waals surface area contributed by atoms with Crippen molar-refractivity contribution in [1.82, 2.24) is 0 Å². The molecule has 5 atom stereocenters. The Morgan fingerprint density at radius 2 is 2.00 bits per heavy atom. The number of ether oxygens (including phenoxy) is 3. The molecule has 2 saturated heterocycles. The number of carbonyl (C=O) groups is 1. The molecule has 6 nitrogen and oxygen atoms in total. The molecule has 0 aromatic heterocycles. The summed E-state index contributed by atoms with van der Waals surface area (Å²) in [7, 11) is 0. The number of esters is 1. The van der Waals surface area contributed by atoms with Crippen molar-refractivity contribution in [3.8, 4) is 0 Å². The molecule has 2 rings (SSSR count). The lowest BCUT2D eigenvalue weighted by Crippen LogP contribution is -2.55. The van der Waals surface area contributed by atoms with E-state index < -0.39 is 42.1 Å². The summed E-state index contributed by atoms with van der Waals surface area (Å²) < 4.78 is 16.1. The van der Waals surface area contributed by atoms with Crippen LogP contribution in [0.15, 0.2) is 0 Å². The average molecular weight is 246 g/mol. The number of aliphatic hydroxyl groups excluding tert-OH is 2. The van der Waals surface area contributed by atoms with Crippen molar-refractivity contribution >= 4 is 5.97 Å². The van der Waals surface area contributed by atoms with Gasteiger partial charge in [0, 0.05) is 5.92 Å². The second-order valence-corrected chi connectivity index (χ2v) is 5.06. The molecule has 0 amide bonds. The highest BCUT2D eigenvalue weighted by molar-refractivity contribution is 5.76. The van der Waals surface area contributed by atoms with Gasteiger partial charge in [-0.3, -0.25) is 0 Å². The van der Waals surface area contributed by atoms with Gasteiger partial charge in [0.1, 0.15) is 12.2 Å². The molecule has 0 unspecified atom stereocenters.